The number of carbonyl (C=O) groups excluding carboxylic acids is 1. The number of benzene rings is 1. The highest BCUT2D eigenvalue weighted by Gasteiger charge is 2.11. The van der Waals surface area contributed by atoms with Crippen molar-refractivity contribution in [3.8, 4) is 5.75 Å². The van der Waals surface area contributed by atoms with Crippen molar-refractivity contribution in [2.45, 2.75) is 13.0 Å². The van der Waals surface area contributed by atoms with E-state index in [-0.39, 0.29) is 18.7 Å². The number of amides is 1. The maximum atomic E-state index is 12.1. The van der Waals surface area contributed by atoms with Crippen molar-refractivity contribution in [3.05, 3.63) is 41.2 Å². The standard InChI is InChI=1S/C14H14ClN3O4/c1-22-12-3-2-9(8-10(12)15)16-14(21)11-4-6-18(17-11)7-5-13(19)20/h2-4,6,8H,5,7H2,1H3,(H,16,21)(H,19,20). The van der Waals surface area contributed by atoms with E-state index in [1.54, 1.807) is 24.4 Å². The molecule has 8 heteroatoms. The molecule has 7 nitrogen and oxygen atoms in total. The lowest BCUT2D eigenvalue weighted by molar-refractivity contribution is -0.137. The first-order valence-electron chi connectivity index (χ1n) is 6.39. The summed E-state index contributed by atoms with van der Waals surface area (Å²) in [4.78, 5) is 22.5. The lowest BCUT2D eigenvalue weighted by atomic mass is 10.3. The van der Waals surface area contributed by atoms with E-state index in [1.807, 2.05) is 0 Å². The molecule has 1 aromatic heterocycles. The number of carbonyl (C=O) groups is 2. The zero-order valence-electron chi connectivity index (χ0n) is 11.7. The summed E-state index contributed by atoms with van der Waals surface area (Å²) in [5.74, 6) is -0.817. The highest BCUT2D eigenvalue weighted by Crippen LogP contribution is 2.27. The van der Waals surface area contributed by atoms with Crippen molar-refractivity contribution in [2.75, 3.05) is 12.4 Å². The van der Waals surface area contributed by atoms with Crippen LogP contribution in [0.3, 0.4) is 0 Å². The van der Waals surface area contributed by atoms with Crippen molar-refractivity contribution in [2.24, 2.45) is 0 Å². The molecule has 1 aromatic carbocycles. The van der Waals surface area contributed by atoms with E-state index in [9.17, 15) is 9.59 Å². The fraction of sp³-hybridized carbons (Fsp3) is 0.214. The van der Waals surface area contributed by atoms with Gasteiger partial charge in [0.05, 0.1) is 25.1 Å². The number of rotatable bonds is 6. The summed E-state index contributed by atoms with van der Waals surface area (Å²) in [7, 11) is 1.50. The van der Waals surface area contributed by atoms with Crippen molar-refractivity contribution < 1.29 is 19.4 Å². The number of carboxylic acids is 1. The van der Waals surface area contributed by atoms with Gasteiger partial charge in [0.1, 0.15) is 5.75 Å². The third-order valence-corrected chi connectivity index (χ3v) is 3.13. The number of aliphatic carboxylic acids is 1. The number of nitrogens with one attached hydrogen (secondary N) is 1. The Bertz CT molecular complexity index is 699. The predicted molar refractivity (Wildman–Crippen MR) is 80.4 cm³/mol. The van der Waals surface area contributed by atoms with Crippen LogP contribution in [0.15, 0.2) is 30.5 Å². The van der Waals surface area contributed by atoms with Crippen molar-refractivity contribution in [1.82, 2.24) is 9.78 Å². The molecule has 0 saturated carbocycles. The molecule has 0 radical (unpaired) electrons. The Kier molecular flexibility index (Phi) is 5.00. The van der Waals surface area contributed by atoms with Crippen LogP contribution in [0.5, 0.6) is 5.75 Å². The number of hydrogen-bond acceptors (Lipinski definition) is 4. The monoisotopic (exact) mass is 323 g/mol. The van der Waals surface area contributed by atoms with Gasteiger partial charge in [0, 0.05) is 11.9 Å². The first kappa shape index (κ1) is 15.8. The molecule has 22 heavy (non-hydrogen) atoms. The molecule has 0 bridgehead atoms. The summed E-state index contributed by atoms with van der Waals surface area (Å²) in [6.07, 6.45) is 1.50. The lowest BCUT2D eigenvalue weighted by Gasteiger charge is -2.07. The number of aromatic nitrogens is 2. The molecule has 0 aliphatic carbocycles. The van der Waals surface area contributed by atoms with Crippen LogP contribution in [0.1, 0.15) is 16.9 Å². The molecule has 2 N–H and O–H groups in total. The Balaban J connectivity index is 2.03. The van der Waals surface area contributed by atoms with Crippen LogP contribution in [0.2, 0.25) is 5.02 Å². The normalized spacial score (nSPS) is 10.3. The Morgan fingerprint density at radius 3 is 2.82 bits per heavy atom. The third-order valence-electron chi connectivity index (χ3n) is 2.84. The van der Waals surface area contributed by atoms with Gasteiger partial charge in [-0.05, 0) is 24.3 Å². The summed E-state index contributed by atoms with van der Waals surface area (Å²) >= 11 is 5.98. The van der Waals surface area contributed by atoms with Crippen LogP contribution in [-0.2, 0) is 11.3 Å². The molecule has 0 spiro atoms. The number of ether oxygens (including phenoxy) is 1. The minimum absolute atomic E-state index is 0.0587. The minimum Gasteiger partial charge on any atom is -0.495 e. The largest absolute Gasteiger partial charge is 0.495 e. The van der Waals surface area contributed by atoms with Gasteiger partial charge in [-0.3, -0.25) is 14.3 Å². The Morgan fingerprint density at radius 1 is 1.41 bits per heavy atom. The van der Waals surface area contributed by atoms with Crippen molar-refractivity contribution in [1.29, 1.82) is 0 Å². The first-order chi connectivity index (χ1) is 10.5. The Hall–Kier alpha value is -2.54. The second-order valence-electron chi connectivity index (χ2n) is 4.41. The first-order valence-corrected chi connectivity index (χ1v) is 6.77. The van der Waals surface area contributed by atoms with E-state index in [0.29, 0.717) is 16.5 Å². The highest BCUT2D eigenvalue weighted by atomic mass is 35.5. The number of aryl methyl sites for hydroxylation is 1. The molecule has 0 atom stereocenters. The van der Waals surface area contributed by atoms with E-state index < -0.39 is 11.9 Å². The molecular formula is C14H14ClN3O4. The number of nitrogens with zero attached hydrogens (tertiary/aromatic N) is 2. The molecule has 2 aromatic rings. The van der Waals surface area contributed by atoms with E-state index in [1.165, 1.54) is 17.9 Å². The van der Waals surface area contributed by atoms with Gasteiger partial charge in [0.25, 0.3) is 5.91 Å². The topological polar surface area (TPSA) is 93.5 Å². The van der Waals surface area contributed by atoms with Crippen LogP contribution < -0.4 is 10.1 Å². The van der Waals surface area contributed by atoms with E-state index in [2.05, 4.69) is 10.4 Å². The van der Waals surface area contributed by atoms with Crippen molar-refractivity contribution in [3.63, 3.8) is 0 Å². The molecule has 1 amide bonds. The lowest BCUT2D eigenvalue weighted by Crippen LogP contribution is -2.14. The number of halogens is 1. The average Bonchev–Trinajstić information content (AvgIpc) is 2.94. The predicted octanol–water partition coefficient (Wildman–Crippen LogP) is 2.27. The number of methoxy groups -OCH3 is 1. The van der Waals surface area contributed by atoms with Crippen LogP contribution in [0, 0.1) is 0 Å². The molecule has 0 saturated heterocycles. The zero-order chi connectivity index (χ0) is 16.1. The Morgan fingerprint density at radius 2 is 2.18 bits per heavy atom. The number of carboxylic acid groups (broad SMARTS) is 1. The van der Waals surface area contributed by atoms with Crippen LogP contribution in [0.4, 0.5) is 5.69 Å². The third kappa shape index (κ3) is 3.98. The summed E-state index contributed by atoms with van der Waals surface area (Å²) in [6.45, 7) is 0.205. The number of anilines is 1. The minimum atomic E-state index is -0.922. The molecule has 2 rings (SSSR count). The van der Waals surface area contributed by atoms with Gasteiger partial charge in [0.15, 0.2) is 5.69 Å². The van der Waals surface area contributed by atoms with E-state index in [4.69, 9.17) is 21.4 Å². The Labute approximate surface area is 131 Å². The van der Waals surface area contributed by atoms with Crippen LogP contribution in [0.25, 0.3) is 0 Å². The maximum absolute atomic E-state index is 12.1. The second kappa shape index (κ2) is 6.95. The van der Waals surface area contributed by atoms with E-state index in [0.717, 1.165) is 0 Å². The average molecular weight is 324 g/mol. The van der Waals surface area contributed by atoms with Gasteiger partial charge < -0.3 is 15.2 Å². The zero-order valence-corrected chi connectivity index (χ0v) is 12.5. The molecule has 1 heterocycles. The van der Waals surface area contributed by atoms with Gasteiger partial charge in [0.2, 0.25) is 0 Å². The van der Waals surface area contributed by atoms with Gasteiger partial charge in [-0.1, -0.05) is 11.6 Å². The van der Waals surface area contributed by atoms with Crippen molar-refractivity contribution >= 4 is 29.2 Å². The van der Waals surface area contributed by atoms with Gasteiger partial charge in [-0.15, -0.1) is 0 Å². The second-order valence-corrected chi connectivity index (χ2v) is 4.82. The molecule has 0 fully saturated rings. The maximum Gasteiger partial charge on any atom is 0.305 e. The molecule has 0 aliphatic heterocycles. The summed E-state index contributed by atoms with van der Waals surface area (Å²) in [6, 6.07) is 6.38. The molecular weight excluding hydrogens is 310 g/mol. The van der Waals surface area contributed by atoms with E-state index >= 15 is 0 Å². The quantitative estimate of drug-likeness (QED) is 0.850. The summed E-state index contributed by atoms with van der Waals surface area (Å²) in [5, 5.41) is 15.7. The highest BCUT2D eigenvalue weighted by molar-refractivity contribution is 6.32. The molecule has 0 aliphatic rings. The molecule has 0 unspecified atom stereocenters. The number of hydrogen-bond donors (Lipinski definition) is 2. The van der Waals surface area contributed by atoms with Gasteiger partial charge in [-0.2, -0.15) is 5.10 Å². The summed E-state index contributed by atoms with van der Waals surface area (Å²) < 4.78 is 6.44. The smallest absolute Gasteiger partial charge is 0.305 e. The fourth-order valence-electron chi connectivity index (χ4n) is 1.76. The SMILES string of the molecule is COc1ccc(NC(=O)c2ccn(CCC(=O)O)n2)cc1Cl. The summed E-state index contributed by atoms with van der Waals surface area (Å²) in [5.41, 5.74) is 0.702. The fourth-order valence-corrected chi connectivity index (χ4v) is 2.01. The van der Waals surface area contributed by atoms with Crippen LogP contribution in [-0.4, -0.2) is 33.9 Å². The molecule has 116 valence electrons. The van der Waals surface area contributed by atoms with Crippen LogP contribution >= 0.6 is 11.6 Å². The van der Waals surface area contributed by atoms with Gasteiger partial charge in [-0.25, -0.2) is 0 Å². The van der Waals surface area contributed by atoms with Gasteiger partial charge >= 0.3 is 5.97 Å².